The molecule has 0 N–H and O–H groups in total. The number of hydrogen-bond donors (Lipinski definition) is 0. The molecule has 2 aromatic carbocycles. The van der Waals surface area contributed by atoms with Crippen LogP contribution in [-0.2, 0) is 10.0 Å². The number of fused-ring (bicyclic) bond motifs is 1. The number of nitrogens with zero attached hydrogens (tertiary/aromatic N) is 2. The van der Waals surface area contributed by atoms with E-state index in [-0.39, 0.29) is 6.10 Å². The Morgan fingerprint density at radius 3 is 2.63 bits per heavy atom. The second kappa shape index (κ2) is 7.50. The van der Waals surface area contributed by atoms with E-state index >= 15 is 0 Å². The van der Waals surface area contributed by atoms with E-state index in [1.165, 1.54) is 9.71 Å². The van der Waals surface area contributed by atoms with Gasteiger partial charge in [0.1, 0.15) is 6.10 Å². The first-order valence-corrected chi connectivity index (χ1v) is 10.4. The van der Waals surface area contributed by atoms with E-state index in [2.05, 4.69) is 4.98 Å². The monoisotopic (exact) mass is 380 g/mol. The van der Waals surface area contributed by atoms with Gasteiger partial charge in [0.15, 0.2) is 0 Å². The number of benzene rings is 2. The van der Waals surface area contributed by atoms with Crippen LogP contribution < -0.4 is 4.74 Å². The molecule has 1 atom stereocenters. The second-order valence-corrected chi connectivity index (χ2v) is 8.31. The third kappa shape index (κ3) is 4.18. The standard InChI is InChI=1S/C21H20N2O3S/c24-27(25,15-13-17-6-2-1-3-7-17)23-14-12-19(16-23)26-21-11-10-18-8-4-5-9-20(18)22-21/h1-11,13,15,19H,12,14,16H2. The third-order valence-corrected chi connectivity index (χ3v) is 6.09. The smallest absolute Gasteiger partial charge is 0.236 e. The highest BCUT2D eigenvalue weighted by molar-refractivity contribution is 7.92. The van der Waals surface area contributed by atoms with Crippen molar-refractivity contribution in [3.63, 3.8) is 0 Å². The van der Waals surface area contributed by atoms with Gasteiger partial charge in [0.05, 0.1) is 12.1 Å². The summed E-state index contributed by atoms with van der Waals surface area (Å²) >= 11 is 0. The molecule has 1 saturated heterocycles. The van der Waals surface area contributed by atoms with E-state index < -0.39 is 10.0 Å². The Hall–Kier alpha value is -2.70. The molecule has 1 unspecified atom stereocenters. The number of ether oxygens (including phenoxy) is 1. The highest BCUT2D eigenvalue weighted by atomic mass is 32.2. The van der Waals surface area contributed by atoms with Gasteiger partial charge in [-0.15, -0.1) is 0 Å². The van der Waals surface area contributed by atoms with Crippen LogP contribution in [0.4, 0.5) is 0 Å². The zero-order valence-corrected chi connectivity index (χ0v) is 15.5. The molecule has 3 aromatic rings. The summed E-state index contributed by atoms with van der Waals surface area (Å²) in [6.45, 7) is 0.773. The van der Waals surface area contributed by atoms with Crippen molar-refractivity contribution in [3.8, 4) is 5.88 Å². The number of sulfonamides is 1. The molecule has 1 aliphatic heterocycles. The minimum absolute atomic E-state index is 0.196. The molecule has 1 aromatic heterocycles. The van der Waals surface area contributed by atoms with Crippen molar-refractivity contribution in [1.82, 2.24) is 9.29 Å². The second-order valence-electron chi connectivity index (χ2n) is 6.49. The Morgan fingerprint density at radius 1 is 1.00 bits per heavy atom. The minimum atomic E-state index is -3.47. The fourth-order valence-corrected chi connectivity index (χ4v) is 4.36. The number of rotatable bonds is 5. The van der Waals surface area contributed by atoms with Crippen LogP contribution in [0, 0.1) is 0 Å². The predicted molar refractivity (Wildman–Crippen MR) is 107 cm³/mol. The van der Waals surface area contributed by atoms with Gasteiger partial charge >= 0.3 is 0 Å². The molecule has 5 nitrogen and oxygen atoms in total. The number of para-hydroxylation sites is 1. The third-order valence-electron chi connectivity index (χ3n) is 4.56. The van der Waals surface area contributed by atoms with Crippen molar-refractivity contribution in [1.29, 1.82) is 0 Å². The van der Waals surface area contributed by atoms with Crippen LogP contribution >= 0.6 is 0 Å². The van der Waals surface area contributed by atoms with Crippen LogP contribution in [0.5, 0.6) is 5.88 Å². The van der Waals surface area contributed by atoms with E-state index in [0.29, 0.717) is 25.4 Å². The van der Waals surface area contributed by atoms with Crippen LogP contribution in [0.25, 0.3) is 17.0 Å². The lowest BCUT2D eigenvalue weighted by atomic mass is 10.2. The summed E-state index contributed by atoms with van der Waals surface area (Å²) in [6, 6.07) is 21.0. The first-order valence-electron chi connectivity index (χ1n) is 8.86. The molecule has 0 spiro atoms. The van der Waals surface area contributed by atoms with Crippen LogP contribution in [0.2, 0.25) is 0 Å². The van der Waals surface area contributed by atoms with Gasteiger partial charge in [-0.2, -0.15) is 4.31 Å². The fraction of sp³-hybridized carbons (Fsp3) is 0.190. The van der Waals surface area contributed by atoms with Crippen LogP contribution in [0.3, 0.4) is 0 Å². The van der Waals surface area contributed by atoms with Crippen LogP contribution in [-0.4, -0.2) is 36.9 Å². The number of aromatic nitrogens is 1. The zero-order chi connectivity index (χ0) is 18.7. The van der Waals surface area contributed by atoms with Crippen molar-refractivity contribution in [2.45, 2.75) is 12.5 Å². The summed E-state index contributed by atoms with van der Waals surface area (Å²) in [6.07, 6.45) is 2.07. The highest BCUT2D eigenvalue weighted by Gasteiger charge is 2.31. The van der Waals surface area contributed by atoms with Gasteiger partial charge in [0.25, 0.3) is 0 Å². The first kappa shape index (κ1) is 17.7. The molecule has 0 aliphatic carbocycles. The lowest BCUT2D eigenvalue weighted by Crippen LogP contribution is -2.29. The molecule has 2 heterocycles. The molecule has 0 radical (unpaired) electrons. The van der Waals surface area contributed by atoms with E-state index in [0.717, 1.165) is 16.5 Å². The SMILES string of the molecule is O=S(=O)(C=Cc1ccccc1)N1CCC(Oc2ccc3ccccc3n2)C1. The summed E-state index contributed by atoms with van der Waals surface area (Å²) in [4.78, 5) is 4.50. The molecule has 1 aliphatic rings. The molecule has 27 heavy (non-hydrogen) atoms. The summed E-state index contributed by atoms with van der Waals surface area (Å²) in [5.74, 6) is 0.526. The Bertz CT molecular complexity index is 1060. The highest BCUT2D eigenvalue weighted by Crippen LogP contribution is 2.22. The van der Waals surface area contributed by atoms with Gasteiger partial charge in [0.2, 0.25) is 15.9 Å². The molecule has 6 heteroatoms. The van der Waals surface area contributed by atoms with E-state index in [4.69, 9.17) is 4.74 Å². The van der Waals surface area contributed by atoms with Crippen molar-refractivity contribution in [2.75, 3.05) is 13.1 Å². The molecule has 0 amide bonds. The largest absolute Gasteiger partial charge is 0.473 e. The van der Waals surface area contributed by atoms with Crippen molar-refractivity contribution >= 4 is 27.0 Å². The topological polar surface area (TPSA) is 59.5 Å². The molecule has 0 bridgehead atoms. The van der Waals surface area contributed by atoms with E-state index in [1.807, 2.05) is 66.7 Å². The summed E-state index contributed by atoms with van der Waals surface area (Å²) in [5.41, 5.74) is 1.72. The first-order chi connectivity index (χ1) is 13.1. The Balaban J connectivity index is 1.42. The normalized spacial score (nSPS) is 18.3. The number of hydrogen-bond acceptors (Lipinski definition) is 4. The number of pyridine rings is 1. The predicted octanol–water partition coefficient (Wildman–Crippen LogP) is 3.69. The molecular weight excluding hydrogens is 360 g/mol. The Morgan fingerprint density at radius 2 is 1.78 bits per heavy atom. The molecule has 4 rings (SSSR count). The van der Waals surface area contributed by atoms with Gasteiger partial charge in [-0.1, -0.05) is 48.5 Å². The summed E-state index contributed by atoms with van der Waals surface area (Å²) < 4.78 is 32.5. The summed E-state index contributed by atoms with van der Waals surface area (Å²) in [7, 11) is -3.47. The molecule has 0 saturated carbocycles. The lowest BCUT2D eigenvalue weighted by Gasteiger charge is -2.15. The average molecular weight is 380 g/mol. The molecule has 138 valence electrons. The van der Waals surface area contributed by atoms with Crippen molar-refractivity contribution < 1.29 is 13.2 Å². The fourth-order valence-electron chi connectivity index (χ4n) is 3.12. The molecular formula is C21H20N2O3S. The van der Waals surface area contributed by atoms with Crippen LogP contribution in [0.15, 0.2) is 72.1 Å². The molecule has 1 fully saturated rings. The van der Waals surface area contributed by atoms with Gasteiger partial charge in [-0.3, -0.25) is 0 Å². The maximum absolute atomic E-state index is 12.5. The Labute approximate surface area is 159 Å². The average Bonchev–Trinajstić information content (AvgIpc) is 3.17. The quantitative estimate of drug-likeness (QED) is 0.677. The maximum atomic E-state index is 12.5. The van der Waals surface area contributed by atoms with E-state index in [9.17, 15) is 8.42 Å². The van der Waals surface area contributed by atoms with Crippen molar-refractivity contribution in [2.24, 2.45) is 0 Å². The zero-order valence-electron chi connectivity index (χ0n) is 14.7. The van der Waals surface area contributed by atoms with Gasteiger partial charge in [-0.25, -0.2) is 13.4 Å². The van der Waals surface area contributed by atoms with Crippen molar-refractivity contribution in [3.05, 3.63) is 77.7 Å². The minimum Gasteiger partial charge on any atom is -0.473 e. The maximum Gasteiger partial charge on any atom is 0.236 e. The van der Waals surface area contributed by atoms with Crippen LogP contribution in [0.1, 0.15) is 12.0 Å². The Kier molecular flexibility index (Phi) is 4.92. The lowest BCUT2D eigenvalue weighted by molar-refractivity contribution is 0.208. The summed E-state index contributed by atoms with van der Waals surface area (Å²) in [5, 5.41) is 2.31. The van der Waals surface area contributed by atoms with Gasteiger partial charge in [0, 0.05) is 23.4 Å². The van der Waals surface area contributed by atoms with Gasteiger partial charge < -0.3 is 4.74 Å². The van der Waals surface area contributed by atoms with E-state index in [1.54, 1.807) is 6.08 Å². The van der Waals surface area contributed by atoms with Gasteiger partial charge in [-0.05, 0) is 30.2 Å².